The van der Waals surface area contributed by atoms with Crippen LogP contribution in [0.2, 0.25) is 0 Å². The van der Waals surface area contributed by atoms with Gasteiger partial charge < -0.3 is 19.9 Å². The molecule has 1 saturated heterocycles. The van der Waals surface area contributed by atoms with Gasteiger partial charge in [0.2, 0.25) is 5.82 Å². The lowest BCUT2D eigenvalue weighted by molar-refractivity contribution is -0.245. The minimum absolute atomic E-state index is 0.0742. The van der Waals surface area contributed by atoms with Gasteiger partial charge in [-0.1, -0.05) is 54.6 Å². The first-order valence-electron chi connectivity index (χ1n) is 13.2. The van der Waals surface area contributed by atoms with E-state index in [1.54, 1.807) is 42.2 Å². The Labute approximate surface area is 247 Å². The molecule has 1 fully saturated rings. The van der Waals surface area contributed by atoms with E-state index in [-0.39, 0.29) is 25.4 Å². The number of carbonyl (C=O) groups is 1. The molecule has 2 heterocycles. The van der Waals surface area contributed by atoms with Gasteiger partial charge in [0.25, 0.3) is 5.91 Å². The van der Waals surface area contributed by atoms with Gasteiger partial charge in [0.05, 0.1) is 23.8 Å². The topological polar surface area (TPSA) is 80.7 Å². The maximum atomic E-state index is 14.0. The average Bonchev–Trinajstić information content (AvgIpc) is 3.05. The van der Waals surface area contributed by atoms with Crippen molar-refractivity contribution in [2.24, 2.45) is 0 Å². The second-order valence-corrected chi connectivity index (χ2v) is 10.7. The predicted octanol–water partition coefficient (Wildman–Crippen LogP) is 6.54. The Morgan fingerprint density at radius 2 is 1.47 bits per heavy atom. The van der Waals surface area contributed by atoms with Crippen LogP contribution in [0.15, 0.2) is 78.0 Å². The summed E-state index contributed by atoms with van der Waals surface area (Å²) in [5.74, 6) is -12.0. The number of aliphatic hydroxyl groups is 1. The van der Waals surface area contributed by atoms with E-state index in [4.69, 9.17) is 9.47 Å². The van der Waals surface area contributed by atoms with Crippen molar-refractivity contribution >= 4 is 17.7 Å². The van der Waals surface area contributed by atoms with E-state index >= 15 is 0 Å². The van der Waals surface area contributed by atoms with E-state index in [0.717, 1.165) is 16.2 Å². The van der Waals surface area contributed by atoms with E-state index in [0.29, 0.717) is 23.3 Å². The maximum absolute atomic E-state index is 14.0. The largest absolute Gasteiger partial charge is 0.392 e. The summed E-state index contributed by atoms with van der Waals surface area (Å²) >= 11 is 1.56. The molecule has 3 aromatic carbocycles. The number of ether oxygens (including phenoxy) is 2. The Balaban J connectivity index is 1.28. The van der Waals surface area contributed by atoms with Gasteiger partial charge in [0, 0.05) is 30.5 Å². The molecule has 1 aliphatic rings. The van der Waals surface area contributed by atoms with Gasteiger partial charge in [-0.3, -0.25) is 4.79 Å². The first-order chi connectivity index (χ1) is 20.7. The molecule has 1 amide bonds. The number of hydrogen-bond donors (Lipinski definition) is 2. The molecule has 224 valence electrons. The average molecular weight is 617 g/mol. The summed E-state index contributed by atoms with van der Waals surface area (Å²) in [6.45, 7) is -0.316. The number of aliphatic hydroxyl groups excluding tert-OH is 1. The van der Waals surface area contributed by atoms with E-state index in [9.17, 15) is 31.9 Å². The highest BCUT2D eigenvalue weighted by atomic mass is 32.2. The van der Waals surface area contributed by atoms with Crippen LogP contribution in [-0.2, 0) is 22.6 Å². The van der Waals surface area contributed by atoms with E-state index in [1.807, 2.05) is 42.5 Å². The molecule has 12 heteroatoms. The number of benzene rings is 3. The van der Waals surface area contributed by atoms with Crippen LogP contribution in [-0.4, -0.2) is 27.9 Å². The number of nitrogens with one attached hydrogen (secondary N) is 1. The highest BCUT2D eigenvalue weighted by Gasteiger charge is 2.33. The molecule has 6 nitrogen and oxygen atoms in total. The number of rotatable bonds is 9. The van der Waals surface area contributed by atoms with Gasteiger partial charge in [-0.2, -0.15) is 0 Å². The highest BCUT2D eigenvalue weighted by Crippen LogP contribution is 2.39. The van der Waals surface area contributed by atoms with Crippen LogP contribution in [0.25, 0.3) is 0 Å². The molecule has 0 saturated carbocycles. The van der Waals surface area contributed by atoms with Crippen LogP contribution in [0.3, 0.4) is 0 Å². The van der Waals surface area contributed by atoms with Crippen molar-refractivity contribution in [3.05, 3.63) is 130 Å². The van der Waals surface area contributed by atoms with Crippen LogP contribution in [0.4, 0.5) is 22.0 Å². The smallest absolute Gasteiger partial charge is 0.257 e. The number of amides is 1. The number of carbonyl (C=O) groups excluding carboxylic acids is 1. The summed E-state index contributed by atoms with van der Waals surface area (Å²) in [5.41, 5.74) is 1.31. The zero-order valence-corrected chi connectivity index (χ0v) is 23.2. The standard InChI is InChI=1S/C31H25F5N2O4S/c32-25-24(26(33)28(35)29(36)27(25)34)30(40)38-14-17-4-10-20(11-5-17)31-41-21(16-43-23-3-1-2-12-37-23)13-22(42-31)19-8-6-18(15-39)7-9-19/h1-12,21-22,31,39H,13-16H2,(H,38,40). The number of pyridine rings is 1. The molecular formula is C31H25F5N2O4S. The van der Waals surface area contributed by atoms with Crippen LogP contribution < -0.4 is 5.32 Å². The summed E-state index contributed by atoms with van der Waals surface area (Å²) in [4.78, 5) is 16.6. The zero-order valence-electron chi connectivity index (χ0n) is 22.4. The van der Waals surface area contributed by atoms with Gasteiger partial charge >= 0.3 is 0 Å². The third kappa shape index (κ3) is 7.04. The first-order valence-corrected chi connectivity index (χ1v) is 14.2. The minimum Gasteiger partial charge on any atom is -0.392 e. The van der Waals surface area contributed by atoms with Crippen LogP contribution in [0.1, 0.15) is 51.4 Å². The summed E-state index contributed by atoms with van der Waals surface area (Å²) < 4.78 is 80.9. The summed E-state index contributed by atoms with van der Waals surface area (Å²) in [6, 6.07) is 19.8. The normalized spacial score (nSPS) is 18.4. The monoisotopic (exact) mass is 616 g/mol. The number of halogens is 5. The van der Waals surface area contributed by atoms with Crippen molar-refractivity contribution < 1.29 is 41.3 Å². The van der Waals surface area contributed by atoms with Crippen molar-refractivity contribution in [2.75, 3.05) is 5.75 Å². The molecule has 0 radical (unpaired) electrons. The van der Waals surface area contributed by atoms with E-state index in [1.165, 1.54) is 0 Å². The number of aromatic nitrogens is 1. The molecule has 5 rings (SSSR count). The molecule has 43 heavy (non-hydrogen) atoms. The SMILES string of the molecule is O=C(NCc1ccc(C2OC(CSc3ccccn3)CC(c3ccc(CO)cc3)O2)cc1)c1c(F)c(F)c(F)c(F)c1F. The van der Waals surface area contributed by atoms with E-state index < -0.39 is 46.8 Å². The third-order valence-electron chi connectivity index (χ3n) is 6.81. The Kier molecular flexibility index (Phi) is 9.71. The Hall–Kier alpha value is -3.84. The Morgan fingerprint density at radius 1 is 0.837 bits per heavy atom. The Morgan fingerprint density at radius 3 is 2.09 bits per heavy atom. The van der Waals surface area contributed by atoms with Crippen molar-refractivity contribution in [1.29, 1.82) is 0 Å². The van der Waals surface area contributed by atoms with Gasteiger partial charge in [0.1, 0.15) is 5.56 Å². The van der Waals surface area contributed by atoms with Crippen molar-refractivity contribution in [3.8, 4) is 0 Å². The van der Waals surface area contributed by atoms with Crippen LogP contribution >= 0.6 is 11.8 Å². The van der Waals surface area contributed by atoms with Gasteiger partial charge in [-0.15, -0.1) is 11.8 Å². The number of nitrogens with zero attached hydrogens (tertiary/aromatic N) is 1. The fourth-order valence-electron chi connectivity index (χ4n) is 4.50. The fourth-order valence-corrected chi connectivity index (χ4v) is 5.38. The van der Waals surface area contributed by atoms with E-state index in [2.05, 4.69) is 10.3 Å². The van der Waals surface area contributed by atoms with Crippen molar-refractivity contribution in [3.63, 3.8) is 0 Å². The molecular weight excluding hydrogens is 591 g/mol. The predicted molar refractivity (Wildman–Crippen MR) is 147 cm³/mol. The van der Waals surface area contributed by atoms with Crippen LogP contribution in [0, 0.1) is 29.1 Å². The molecule has 0 spiro atoms. The molecule has 4 aromatic rings. The lowest BCUT2D eigenvalue weighted by Crippen LogP contribution is -2.31. The van der Waals surface area contributed by atoms with Gasteiger partial charge in [0.15, 0.2) is 29.6 Å². The molecule has 1 aliphatic heterocycles. The second-order valence-electron chi connectivity index (χ2n) is 9.70. The minimum atomic E-state index is -2.34. The second kappa shape index (κ2) is 13.6. The van der Waals surface area contributed by atoms with Crippen molar-refractivity contribution in [1.82, 2.24) is 10.3 Å². The summed E-state index contributed by atoms with van der Waals surface area (Å²) in [5, 5.41) is 12.4. The molecule has 0 bridgehead atoms. The number of thioether (sulfide) groups is 1. The summed E-state index contributed by atoms with van der Waals surface area (Å²) in [6.07, 6.45) is 1.04. The zero-order chi connectivity index (χ0) is 30.5. The molecule has 2 N–H and O–H groups in total. The molecule has 1 aromatic heterocycles. The Bertz CT molecular complexity index is 1550. The fraction of sp³-hybridized carbons (Fsp3) is 0.226. The quantitative estimate of drug-likeness (QED) is 0.0963. The maximum Gasteiger partial charge on any atom is 0.257 e. The molecule has 3 atom stereocenters. The third-order valence-corrected chi connectivity index (χ3v) is 7.89. The number of hydrogen-bond acceptors (Lipinski definition) is 6. The summed E-state index contributed by atoms with van der Waals surface area (Å²) in [7, 11) is 0. The highest BCUT2D eigenvalue weighted by molar-refractivity contribution is 7.99. The van der Waals surface area contributed by atoms with Gasteiger partial charge in [-0.25, -0.2) is 26.9 Å². The first kappa shape index (κ1) is 30.6. The van der Waals surface area contributed by atoms with Crippen molar-refractivity contribution in [2.45, 2.75) is 43.1 Å². The lowest BCUT2D eigenvalue weighted by Gasteiger charge is -2.36. The lowest BCUT2D eigenvalue weighted by atomic mass is 10.0. The van der Waals surface area contributed by atoms with Gasteiger partial charge in [-0.05, 0) is 28.8 Å². The van der Waals surface area contributed by atoms with Crippen LogP contribution in [0.5, 0.6) is 0 Å². The molecule has 0 aliphatic carbocycles. The molecule has 3 unspecified atom stereocenters.